The number of methoxy groups -OCH3 is 2. The standard InChI is InChI=1S/C14H20N2O3S/c1-14(2,13(15)20)8-16-12(17)9-6-5-7-10(18-3)11(9)19-4/h5-7H,8H2,1-4H3,(H2,15,20)(H,16,17). The molecule has 0 aliphatic rings. The zero-order chi connectivity index (χ0) is 15.3. The third kappa shape index (κ3) is 3.60. The first-order valence-corrected chi connectivity index (χ1v) is 6.53. The molecule has 0 unspecified atom stereocenters. The number of para-hydroxylation sites is 1. The van der Waals surface area contributed by atoms with Crippen LogP contribution in [0.25, 0.3) is 0 Å². The second-order valence-corrected chi connectivity index (χ2v) is 5.41. The molecule has 0 atom stereocenters. The molecule has 110 valence electrons. The van der Waals surface area contributed by atoms with E-state index in [2.05, 4.69) is 5.32 Å². The van der Waals surface area contributed by atoms with E-state index in [9.17, 15) is 4.79 Å². The number of rotatable bonds is 6. The molecule has 1 aromatic carbocycles. The first kappa shape index (κ1) is 16.2. The van der Waals surface area contributed by atoms with Crippen molar-refractivity contribution in [2.24, 2.45) is 11.1 Å². The van der Waals surface area contributed by atoms with Gasteiger partial charge < -0.3 is 20.5 Å². The number of nitrogens with one attached hydrogen (secondary N) is 1. The second-order valence-electron chi connectivity index (χ2n) is 4.97. The molecular formula is C14H20N2O3S. The van der Waals surface area contributed by atoms with Gasteiger partial charge in [-0.3, -0.25) is 4.79 Å². The molecule has 0 heterocycles. The van der Waals surface area contributed by atoms with Crippen molar-refractivity contribution in [2.75, 3.05) is 20.8 Å². The van der Waals surface area contributed by atoms with E-state index in [4.69, 9.17) is 27.4 Å². The molecule has 0 radical (unpaired) electrons. The molecule has 0 saturated heterocycles. The average Bonchev–Trinajstić information content (AvgIpc) is 2.43. The lowest BCUT2D eigenvalue weighted by molar-refractivity contribution is 0.0941. The van der Waals surface area contributed by atoms with E-state index in [-0.39, 0.29) is 5.91 Å². The fraction of sp³-hybridized carbons (Fsp3) is 0.429. The lowest BCUT2D eigenvalue weighted by Crippen LogP contribution is -2.41. The van der Waals surface area contributed by atoms with Crippen LogP contribution >= 0.6 is 12.2 Å². The maximum absolute atomic E-state index is 12.2. The van der Waals surface area contributed by atoms with E-state index in [0.29, 0.717) is 28.6 Å². The normalized spacial score (nSPS) is 10.8. The molecule has 0 aromatic heterocycles. The van der Waals surface area contributed by atoms with Gasteiger partial charge in [-0.25, -0.2) is 0 Å². The Bertz CT molecular complexity index is 515. The zero-order valence-electron chi connectivity index (χ0n) is 12.1. The Balaban J connectivity index is 2.91. The van der Waals surface area contributed by atoms with Crippen LogP contribution in [0.5, 0.6) is 11.5 Å². The van der Waals surface area contributed by atoms with Crippen LogP contribution < -0.4 is 20.5 Å². The number of carbonyl (C=O) groups excluding carboxylic acids is 1. The predicted octanol–water partition coefficient (Wildman–Crippen LogP) is 1.75. The van der Waals surface area contributed by atoms with E-state index in [1.165, 1.54) is 14.2 Å². The number of amides is 1. The topological polar surface area (TPSA) is 73.6 Å². The number of ether oxygens (including phenoxy) is 2. The third-order valence-corrected chi connectivity index (χ3v) is 3.56. The van der Waals surface area contributed by atoms with Gasteiger partial charge in [0.1, 0.15) is 0 Å². The van der Waals surface area contributed by atoms with Gasteiger partial charge in [0.15, 0.2) is 11.5 Å². The van der Waals surface area contributed by atoms with E-state index >= 15 is 0 Å². The monoisotopic (exact) mass is 296 g/mol. The van der Waals surface area contributed by atoms with Crippen molar-refractivity contribution in [3.05, 3.63) is 23.8 Å². The van der Waals surface area contributed by atoms with Crippen molar-refractivity contribution < 1.29 is 14.3 Å². The van der Waals surface area contributed by atoms with Crippen molar-refractivity contribution in [1.29, 1.82) is 0 Å². The molecule has 5 nitrogen and oxygen atoms in total. The van der Waals surface area contributed by atoms with Gasteiger partial charge in [-0.05, 0) is 12.1 Å². The van der Waals surface area contributed by atoms with Gasteiger partial charge >= 0.3 is 0 Å². The smallest absolute Gasteiger partial charge is 0.255 e. The molecule has 6 heteroatoms. The van der Waals surface area contributed by atoms with Crippen LogP contribution in [0.2, 0.25) is 0 Å². The van der Waals surface area contributed by atoms with Gasteiger partial charge in [0, 0.05) is 12.0 Å². The highest BCUT2D eigenvalue weighted by atomic mass is 32.1. The lowest BCUT2D eigenvalue weighted by atomic mass is 9.93. The lowest BCUT2D eigenvalue weighted by Gasteiger charge is -2.23. The summed E-state index contributed by atoms with van der Waals surface area (Å²) in [5, 5.41) is 2.80. The average molecular weight is 296 g/mol. The molecule has 20 heavy (non-hydrogen) atoms. The fourth-order valence-corrected chi connectivity index (χ4v) is 1.62. The summed E-state index contributed by atoms with van der Waals surface area (Å²) in [6.07, 6.45) is 0. The predicted molar refractivity (Wildman–Crippen MR) is 82.4 cm³/mol. The van der Waals surface area contributed by atoms with E-state index in [0.717, 1.165) is 0 Å². The molecule has 0 fully saturated rings. The number of hydrogen-bond donors (Lipinski definition) is 2. The highest BCUT2D eigenvalue weighted by Gasteiger charge is 2.23. The van der Waals surface area contributed by atoms with Gasteiger partial charge in [0.05, 0.1) is 24.8 Å². The summed E-state index contributed by atoms with van der Waals surface area (Å²) in [6.45, 7) is 4.10. The third-order valence-electron chi connectivity index (χ3n) is 3.01. The van der Waals surface area contributed by atoms with Crippen molar-refractivity contribution in [3.63, 3.8) is 0 Å². The highest BCUT2D eigenvalue weighted by Crippen LogP contribution is 2.30. The molecule has 1 rings (SSSR count). The highest BCUT2D eigenvalue weighted by molar-refractivity contribution is 7.80. The molecule has 1 aromatic rings. The van der Waals surface area contributed by atoms with Gasteiger partial charge in [0.2, 0.25) is 0 Å². The number of benzene rings is 1. The molecule has 0 saturated carbocycles. The fourth-order valence-electron chi connectivity index (χ4n) is 1.55. The summed E-state index contributed by atoms with van der Waals surface area (Å²) in [7, 11) is 3.02. The minimum absolute atomic E-state index is 0.259. The van der Waals surface area contributed by atoms with Crippen molar-refractivity contribution in [3.8, 4) is 11.5 Å². The van der Waals surface area contributed by atoms with Crippen LogP contribution in [-0.2, 0) is 0 Å². The van der Waals surface area contributed by atoms with Crippen LogP contribution in [0.4, 0.5) is 0 Å². The summed E-state index contributed by atoms with van der Waals surface area (Å²) >= 11 is 4.97. The molecule has 0 aliphatic carbocycles. The van der Waals surface area contributed by atoms with Crippen LogP contribution in [-0.4, -0.2) is 31.7 Å². The summed E-state index contributed by atoms with van der Waals surface area (Å²) in [6, 6.07) is 5.13. The van der Waals surface area contributed by atoms with Crippen LogP contribution in [0, 0.1) is 5.41 Å². The van der Waals surface area contributed by atoms with Gasteiger partial charge in [-0.1, -0.05) is 32.1 Å². The minimum atomic E-state index is -0.447. The Morgan fingerprint density at radius 1 is 1.35 bits per heavy atom. The van der Waals surface area contributed by atoms with E-state index in [1.54, 1.807) is 18.2 Å². The molecular weight excluding hydrogens is 276 g/mol. The second kappa shape index (κ2) is 6.56. The Morgan fingerprint density at radius 2 is 2.00 bits per heavy atom. The van der Waals surface area contributed by atoms with Gasteiger partial charge in [0.25, 0.3) is 5.91 Å². The maximum atomic E-state index is 12.2. The van der Waals surface area contributed by atoms with Crippen LogP contribution in [0.15, 0.2) is 18.2 Å². The van der Waals surface area contributed by atoms with Crippen molar-refractivity contribution in [2.45, 2.75) is 13.8 Å². The van der Waals surface area contributed by atoms with Crippen LogP contribution in [0.1, 0.15) is 24.2 Å². The van der Waals surface area contributed by atoms with Crippen LogP contribution in [0.3, 0.4) is 0 Å². The van der Waals surface area contributed by atoms with Crippen molar-refractivity contribution in [1.82, 2.24) is 5.32 Å². The maximum Gasteiger partial charge on any atom is 0.255 e. The summed E-state index contributed by atoms with van der Waals surface area (Å²) < 4.78 is 10.4. The summed E-state index contributed by atoms with van der Waals surface area (Å²) in [4.78, 5) is 12.6. The number of carbonyl (C=O) groups is 1. The molecule has 0 aliphatic heterocycles. The first-order valence-electron chi connectivity index (χ1n) is 6.12. The summed E-state index contributed by atoms with van der Waals surface area (Å²) in [5.41, 5.74) is 5.59. The number of hydrogen-bond acceptors (Lipinski definition) is 4. The van der Waals surface area contributed by atoms with E-state index in [1.807, 2.05) is 13.8 Å². The minimum Gasteiger partial charge on any atom is -0.493 e. The Morgan fingerprint density at radius 3 is 2.50 bits per heavy atom. The Kier molecular flexibility index (Phi) is 5.33. The van der Waals surface area contributed by atoms with Gasteiger partial charge in [-0.15, -0.1) is 0 Å². The molecule has 3 N–H and O–H groups in total. The largest absolute Gasteiger partial charge is 0.493 e. The number of thiocarbonyl (C=S) groups is 1. The number of nitrogens with two attached hydrogens (primary N) is 1. The molecule has 1 amide bonds. The zero-order valence-corrected chi connectivity index (χ0v) is 13.0. The summed E-state index contributed by atoms with van der Waals surface area (Å²) in [5.74, 6) is 0.652. The SMILES string of the molecule is COc1cccc(C(=O)NCC(C)(C)C(N)=S)c1OC. The molecule has 0 spiro atoms. The quantitative estimate of drug-likeness (QED) is 0.782. The first-order chi connectivity index (χ1) is 9.33. The van der Waals surface area contributed by atoms with Gasteiger partial charge in [-0.2, -0.15) is 0 Å². The van der Waals surface area contributed by atoms with E-state index < -0.39 is 5.41 Å². The Labute approximate surface area is 124 Å². The Hall–Kier alpha value is -1.82. The molecule has 0 bridgehead atoms. The van der Waals surface area contributed by atoms with Crippen molar-refractivity contribution >= 4 is 23.1 Å².